The van der Waals surface area contributed by atoms with Crippen LogP contribution in [0.15, 0.2) is 39.4 Å². The van der Waals surface area contributed by atoms with E-state index in [0.29, 0.717) is 21.7 Å². The van der Waals surface area contributed by atoms with Crippen molar-refractivity contribution in [2.75, 3.05) is 12.8 Å². The van der Waals surface area contributed by atoms with Crippen molar-refractivity contribution in [3.63, 3.8) is 0 Å². The van der Waals surface area contributed by atoms with Crippen LogP contribution in [-0.2, 0) is 0 Å². The molecule has 0 radical (unpaired) electrons. The summed E-state index contributed by atoms with van der Waals surface area (Å²) in [5.74, 6) is 0.458. The fourth-order valence-corrected chi connectivity index (χ4v) is 1.89. The van der Waals surface area contributed by atoms with Gasteiger partial charge in [0.05, 0.1) is 12.8 Å². The number of anilines is 1. The van der Waals surface area contributed by atoms with Gasteiger partial charge in [-0.15, -0.1) is 0 Å². The number of methoxy groups -OCH3 is 1. The summed E-state index contributed by atoms with van der Waals surface area (Å²) in [7, 11) is 1.52. The fourth-order valence-electron chi connectivity index (χ4n) is 1.13. The van der Waals surface area contributed by atoms with Gasteiger partial charge in [-0.1, -0.05) is 0 Å². The monoisotopic (exact) mass is 250 g/mol. The predicted molar refractivity (Wildman–Crippen MR) is 64.2 cm³/mol. The van der Waals surface area contributed by atoms with E-state index in [1.165, 1.54) is 31.1 Å². The van der Waals surface area contributed by atoms with Gasteiger partial charge in [0.2, 0.25) is 5.88 Å². The molecule has 0 fully saturated rings. The maximum absolute atomic E-state index is 11.1. The van der Waals surface area contributed by atoms with Crippen LogP contribution in [0.5, 0.6) is 5.88 Å². The van der Waals surface area contributed by atoms with Crippen LogP contribution in [0.25, 0.3) is 0 Å². The first kappa shape index (κ1) is 11.5. The van der Waals surface area contributed by atoms with Crippen LogP contribution < -0.4 is 16.0 Å². The SMILES string of the molecule is COc1ccc(N)c(Sc2nccc(=O)[nH]2)n1. The molecule has 3 N–H and O–H groups in total. The normalized spacial score (nSPS) is 10.2. The van der Waals surface area contributed by atoms with Crippen molar-refractivity contribution in [3.05, 3.63) is 34.7 Å². The molecular weight excluding hydrogens is 240 g/mol. The summed E-state index contributed by atoms with van der Waals surface area (Å²) < 4.78 is 5.00. The van der Waals surface area contributed by atoms with Crippen LogP contribution in [0.4, 0.5) is 5.69 Å². The number of ether oxygens (including phenoxy) is 1. The first-order valence-electron chi connectivity index (χ1n) is 4.73. The summed E-state index contributed by atoms with van der Waals surface area (Å²) >= 11 is 1.18. The molecule has 2 aromatic rings. The Labute approximate surface area is 101 Å². The largest absolute Gasteiger partial charge is 0.481 e. The lowest BCUT2D eigenvalue weighted by Crippen LogP contribution is -2.05. The average molecular weight is 250 g/mol. The molecule has 88 valence electrons. The molecule has 0 unspecified atom stereocenters. The standard InChI is InChI=1S/C10H10N4O2S/c1-16-8-3-2-6(11)9(14-8)17-10-12-5-4-7(15)13-10/h2-5H,11H2,1H3,(H,12,13,15). The van der Waals surface area contributed by atoms with E-state index in [4.69, 9.17) is 10.5 Å². The molecule has 2 heterocycles. The number of aromatic amines is 1. The Balaban J connectivity index is 2.32. The molecule has 0 atom stereocenters. The lowest BCUT2D eigenvalue weighted by molar-refractivity contribution is 0.395. The van der Waals surface area contributed by atoms with E-state index in [-0.39, 0.29) is 5.56 Å². The molecule has 7 heteroatoms. The van der Waals surface area contributed by atoms with Gasteiger partial charge < -0.3 is 15.5 Å². The highest BCUT2D eigenvalue weighted by Gasteiger charge is 2.07. The Kier molecular flexibility index (Phi) is 3.29. The Morgan fingerprint density at radius 1 is 1.41 bits per heavy atom. The minimum atomic E-state index is -0.219. The number of rotatable bonds is 3. The summed E-state index contributed by atoms with van der Waals surface area (Å²) in [5, 5.41) is 0.976. The molecule has 0 spiro atoms. The topological polar surface area (TPSA) is 93.9 Å². The number of nitrogens with zero attached hydrogens (tertiary/aromatic N) is 2. The number of nitrogen functional groups attached to an aromatic ring is 1. The van der Waals surface area contributed by atoms with Crippen LogP contribution in [0.2, 0.25) is 0 Å². The van der Waals surface area contributed by atoms with E-state index in [9.17, 15) is 4.79 Å². The molecule has 2 rings (SSSR count). The zero-order chi connectivity index (χ0) is 12.3. The van der Waals surface area contributed by atoms with E-state index >= 15 is 0 Å². The molecule has 2 aromatic heterocycles. The Bertz CT molecular complexity index is 585. The van der Waals surface area contributed by atoms with Crippen LogP contribution >= 0.6 is 11.8 Å². The third-order valence-electron chi connectivity index (χ3n) is 1.91. The minimum absolute atomic E-state index is 0.219. The average Bonchev–Trinajstić information content (AvgIpc) is 2.32. The summed E-state index contributed by atoms with van der Waals surface area (Å²) in [5.41, 5.74) is 6.05. The molecule has 0 aromatic carbocycles. The van der Waals surface area contributed by atoms with Crippen molar-refractivity contribution in [2.45, 2.75) is 10.2 Å². The second kappa shape index (κ2) is 4.88. The van der Waals surface area contributed by atoms with Crippen LogP contribution in [-0.4, -0.2) is 22.1 Å². The van der Waals surface area contributed by atoms with Crippen molar-refractivity contribution in [1.29, 1.82) is 0 Å². The maximum atomic E-state index is 11.1. The van der Waals surface area contributed by atoms with Crippen molar-refractivity contribution in [1.82, 2.24) is 15.0 Å². The van der Waals surface area contributed by atoms with Gasteiger partial charge in [-0.3, -0.25) is 4.79 Å². The molecular formula is C10H10N4O2S. The summed E-state index contributed by atoms with van der Waals surface area (Å²) in [6.07, 6.45) is 1.43. The van der Waals surface area contributed by atoms with Gasteiger partial charge in [-0.05, 0) is 17.8 Å². The van der Waals surface area contributed by atoms with E-state index < -0.39 is 0 Å². The number of hydrogen-bond acceptors (Lipinski definition) is 6. The van der Waals surface area contributed by atoms with Gasteiger partial charge in [0, 0.05) is 18.3 Å². The number of H-pyrrole nitrogens is 1. The van der Waals surface area contributed by atoms with Gasteiger partial charge in [-0.2, -0.15) is 0 Å². The van der Waals surface area contributed by atoms with Gasteiger partial charge >= 0.3 is 0 Å². The molecule has 0 aliphatic heterocycles. The number of nitrogens with one attached hydrogen (secondary N) is 1. The molecule has 0 saturated carbocycles. The third-order valence-corrected chi connectivity index (χ3v) is 2.84. The third kappa shape index (κ3) is 2.76. The molecule has 0 saturated heterocycles. The van der Waals surface area contributed by atoms with Gasteiger partial charge in [0.25, 0.3) is 5.56 Å². The van der Waals surface area contributed by atoms with Crippen LogP contribution in [0, 0.1) is 0 Å². The lowest BCUT2D eigenvalue weighted by Gasteiger charge is -2.05. The zero-order valence-electron chi connectivity index (χ0n) is 9.01. The number of pyridine rings is 1. The molecule has 0 amide bonds. The highest BCUT2D eigenvalue weighted by atomic mass is 32.2. The van der Waals surface area contributed by atoms with Crippen LogP contribution in [0.3, 0.4) is 0 Å². The predicted octanol–water partition coefficient (Wildman–Crippen LogP) is 0.907. The van der Waals surface area contributed by atoms with Crippen molar-refractivity contribution in [3.8, 4) is 5.88 Å². The van der Waals surface area contributed by atoms with Crippen molar-refractivity contribution in [2.24, 2.45) is 0 Å². The molecule has 0 aliphatic rings. The van der Waals surface area contributed by atoms with E-state index in [1.54, 1.807) is 12.1 Å². The second-order valence-corrected chi connectivity index (χ2v) is 4.07. The zero-order valence-corrected chi connectivity index (χ0v) is 9.82. The van der Waals surface area contributed by atoms with E-state index in [1.807, 2.05) is 0 Å². The highest BCUT2D eigenvalue weighted by molar-refractivity contribution is 7.99. The Morgan fingerprint density at radius 2 is 2.24 bits per heavy atom. The number of hydrogen-bond donors (Lipinski definition) is 2. The van der Waals surface area contributed by atoms with Gasteiger partial charge in [-0.25, -0.2) is 9.97 Å². The smallest absolute Gasteiger partial charge is 0.251 e. The van der Waals surface area contributed by atoms with E-state index in [2.05, 4.69) is 15.0 Å². The molecule has 17 heavy (non-hydrogen) atoms. The quantitative estimate of drug-likeness (QED) is 0.786. The summed E-state index contributed by atoms with van der Waals surface area (Å²) in [4.78, 5) is 21.9. The fraction of sp³-hybridized carbons (Fsp3) is 0.100. The van der Waals surface area contributed by atoms with Crippen molar-refractivity contribution >= 4 is 17.4 Å². The minimum Gasteiger partial charge on any atom is -0.481 e. The summed E-state index contributed by atoms with van der Waals surface area (Å²) in [6, 6.07) is 4.70. The molecule has 0 bridgehead atoms. The Hall–Kier alpha value is -2.02. The number of nitrogens with two attached hydrogens (primary N) is 1. The molecule has 6 nitrogen and oxygen atoms in total. The van der Waals surface area contributed by atoms with E-state index in [0.717, 1.165) is 0 Å². The van der Waals surface area contributed by atoms with Crippen molar-refractivity contribution < 1.29 is 4.74 Å². The second-order valence-electron chi connectivity index (χ2n) is 3.09. The van der Waals surface area contributed by atoms with Gasteiger partial charge in [0.15, 0.2) is 5.16 Å². The first-order valence-corrected chi connectivity index (χ1v) is 5.54. The van der Waals surface area contributed by atoms with Crippen LogP contribution in [0.1, 0.15) is 0 Å². The highest BCUT2D eigenvalue weighted by Crippen LogP contribution is 2.28. The summed E-state index contributed by atoms with van der Waals surface area (Å²) in [6.45, 7) is 0. The Morgan fingerprint density at radius 3 is 2.94 bits per heavy atom. The lowest BCUT2D eigenvalue weighted by atomic mass is 10.4. The first-order chi connectivity index (χ1) is 8.19. The molecule has 0 aliphatic carbocycles. The maximum Gasteiger partial charge on any atom is 0.251 e. The number of aromatic nitrogens is 3. The van der Waals surface area contributed by atoms with Gasteiger partial charge in [0.1, 0.15) is 5.03 Å².